The van der Waals surface area contributed by atoms with Gasteiger partial charge in [0, 0.05) is 38.7 Å². The molecule has 0 aromatic carbocycles. The van der Waals surface area contributed by atoms with Crippen molar-refractivity contribution in [1.82, 2.24) is 20.5 Å². The van der Waals surface area contributed by atoms with E-state index in [1.54, 1.807) is 13.2 Å². The van der Waals surface area contributed by atoms with E-state index in [1.807, 2.05) is 38.1 Å². The summed E-state index contributed by atoms with van der Waals surface area (Å²) in [5.74, 6) is -1.12. The zero-order valence-electron chi connectivity index (χ0n) is 18.5. The molecule has 1 aliphatic carbocycles. The first-order valence-electron chi connectivity index (χ1n) is 10.0. The molecule has 3 atom stereocenters. The molecule has 2 amide bonds. The number of rotatable bonds is 7. The van der Waals surface area contributed by atoms with Crippen molar-refractivity contribution < 1.29 is 24.2 Å². The Labute approximate surface area is 178 Å². The van der Waals surface area contributed by atoms with Crippen LogP contribution in [0, 0.1) is 12.8 Å². The first-order valence-corrected chi connectivity index (χ1v) is 10.0. The molecule has 0 aliphatic heterocycles. The van der Waals surface area contributed by atoms with E-state index in [9.17, 15) is 9.59 Å². The highest BCUT2D eigenvalue weighted by molar-refractivity contribution is 5.92. The van der Waals surface area contributed by atoms with Crippen LogP contribution in [0.15, 0.2) is 18.2 Å². The average molecular weight is 423 g/mol. The molecule has 0 spiro atoms. The number of aliphatic carboxylic acids is 1. The van der Waals surface area contributed by atoms with Crippen molar-refractivity contribution in [2.75, 3.05) is 34.3 Å². The number of likely N-dealkylation sites (N-methyl/N-ethyl adjacent to an activating group) is 1. The molecule has 1 fully saturated rings. The SMILES string of the molecule is CC(=O)O.CO[C@@H]1CC[C@H](C(=O)NCCN(C)C)C[C@H]1NC(=O)c1cccc(C)n1. The van der Waals surface area contributed by atoms with Crippen LogP contribution in [-0.2, 0) is 14.3 Å². The number of carboxylic acids is 1. The summed E-state index contributed by atoms with van der Waals surface area (Å²) in [6.45, 7) is 4.36. The lowest BCUT2D eigenvalue weighted by molar-refractivity contribution is -0.134. The lowest BCUT2D eigenvalue weighted by Crippen LogP contribution is -2.50. The predicted octanol–water partition coefficient (Wildman–Crippen LogP) is 1.07. The molecule has 1 aliphatic rings. The zero-order chi connectivity index (χ0) is 22.7. The van der Waals surface area contributed by atoms with E-state index < -0.39 is 5.97 Å². The van der Waals surface area contributed by atoms with Gasteiger partial charge in [0.2, 0.25) is 5.91 Å². The van der Waals surface area contributed by atoms with Crippen LogP contribution in [-0.4, -0.2) is 79.2 Å². The van der Waals surface area contributed by atoms with Crippen molar-refractivity contribution in [3.63, 3.8) is 0 Å². The Balaban J connectivity index is 0.00000103. The van der Waals surface area contributed by atoms with E-state index >= 15 is 0 Å². The Hall–Kier alpha value is -2.52. The van der Waals surface area contributed by atoms with Gasteiger partial charge in [0.25, 0.3) is 11.9 Å². The first-order chi connectivity index (χ1) is 14.1. The van der Waals surface area contributed by atoms with E-state index in [4.69, 9.17) is 14.6 Å². The number of amides is 2. The topological polar surface area (TPSA) is 121 Å². The molecule has 1 aromatic heterocycles. The molecule has 1 aromatic rings. The molecule has 9 heteroatoms. The van der Waals surface area contributed by atoms with Crippen LogP contribution in [0.5, 0.6) is 0 Å². The Morgan fingerprint density at radius 3 is 2.50 bits per heavy atom. The van der Waals surface area contributed by atoms with Crippen LogP contribution in [0.4, 0.5) is 0 Å². The summed E-state index contributed by atoms with van der Waals surface area (Å²) in [6, 6.07) is 5.16. The summed E-state index contributed by atoms with van der Waals surface area (Å²) in [4.78, 5) is 40.2. The van der Waals surface area contributed by atoms with Gasteiger partial charge in [0.05, 0.1) is 12.1 Å². The van der Waals surface area contributed by atoms with Crippen LogP contribution < -0.4 is 10.6 Å². The maximum atomic E-state index is 12.5. The molecule has 0 saturated heterocycles. The highest BCUT2D eigenvalue weighted by atomic mass is 16.5. The van der Waals surface area contributed by atoms with Crippen LogP contribution in [0.25, 0.3) is 0 Å². The van der Waals surface area contributed by atoms with Crippen LogP contribution in [0.1, 0.15) is 42.4 Å². The number of pyridine rings is 1. The minimum atomic E-state index is -0.833. The van der Waals surface area contributed by atoms with Gasteiger partial charge in [0.15, 0.2) is 0 Å². The van der Waals surface area contributed by atoms with E-state index in [1.165, 1.54) is 0 Å². The summed E-state index contributed by atoms with van der Waals surface area (Å²) in [6.07, 6.45) is 1.99. The Bertz CT molecular complexity index is 706. The molecule has 9 nitrogen and oxygen atoms in total. The quantitative estimate of drug-likeness (QED) is 0.601. The van der Waals surface area contributed by atoms with Gasteiger partial charge in [-0.25, -0.2) is 4.98 Å². The minimum Gasteiger partial charge on any atom is -0.481 e. The first kappa shape index (κ1) is 25.5. The lowest BCUT2D eigenvalue weighted by Gasteiger charge is -2.35. The molecule has 1 saturated carbocycles. The molecule has 1 heterocycles. The lowest BCUT2D eigenvalue weighted by atomic mass is 9.83. The molecule has 2 rings (SSSR count). The number of carboxylic acid groups (broad SMARTS) is 1. The number of carbonyl (C=O) groups is 3. The van der Waals surface area contributed by atoms with Gasteiger partial charge in [-0.1, -0.05) is 6.07 Å². The Kier molecular flexibility index (Phi) is 11.0. The van der Waals surface area contributed by atoms with Crippen molar-refractivity contribution in [3.05, 3.63) is 29.6 Å². The fourth-order valence-corrected chi connectivity index (χ4v) is 3.27. The zero-order valence-corrected chi connectivity index (χ0v) is 18.5. The number of methoxy groups -OCH3 is 1. The number of nitrogens with one attached hydrogen (secondary N) is 2. The standard InChI is InChI=1S/C19H30N4O3.C2H4O2/c1-13-6-5-7-15(21-13)19(25)22-16-12-14(8-9-17(16)26-4)18(24)20-10-11-23(2)3;1-2(3)4/h5-7,14,16-17H,8-12H2,1-4H3,(H,20,24)(H,22,25);1H3,(H,3,4)/t14-,16+,17+;/m0./s1. The normalized spacial score (nSPS) is 20.7. The monoisotopic (exact) mass is 422 g/mol. The smallest absolute Gasteiger partial charge is 0.300 e. The Morgan fingerprint density at radius 2 is 1.93 bits per heavy atom. The molecule has 0 bridgehead atoms. The number of hydrogen-bond acceptors (Lipinski definition) is 6. The number of ether oxygens (including phenoxy) is 1. The third kappa shape index (κ3) is 9.32. The fraction of sp³-hybridized carbons (Fsp3) is 0.619. The van der Waals surface area contributed by atoms with E-state index in [0.29, 0.717) is 18.7 Å². The summed E-state index contributed by atoms with van der Waals surface area (Å²) >= 11 is 0. The molecule has 3 N–H and O–H groups in total. The Morgan fingerprint density at radius 1 is 1.27 bits per heavy atom. The van der Waals surface area contributed by atoms with E-state index in [-0.39, 0.29) is 29.9 Å². The van der Waals surface area contributed by atoms with Gasteiger partial charge in [-0.2, -0.15) is 0 Å². The van der Waals surface area contributed by atoms with Gasteiger partial charge < -0.3 is 25.4 Å². The molecule has 0 unspecified atom stereocenters. The second-order valence-electron chi connectivity index (χ2n) is 7.64. The van der Waals surface area contributed by atoms with Crippen molar-refractivity contribution in [2.24, 2.45) is 5.92 Å². The number of aryl methyl sites for hydroxylation is 1. The summed E-state index contributed by atoms with van der Waals surface area (Å²) in [5.41, 5.74) is 1.18. The van der Waals surface area contributed by atoms with Crippen molar-refractivity contribution in [1.29, 1.82) is 0 Å². The van der Waals surface area contributed by atoms with Gasteiger partial charge in [-0.15, -0.1) is 0 Å². The fourth-order valence-electron chi connectivity index (χ4n) is 3.27. The van der Waals surface area contributed by atoms with Gasteiger partial charge in [-0.3, -0.25) is 14.4 Å². The average Bonchev–Trinajstić information content (AvgIpc) is 2.67. The third-order valence-corrected chi connectivity index (χ3v) is 4.76. The number of hydrogen-bond donors (Lipinski definition) is 3. The molecule has 0 radical (unpaired) electrons. The number of aromatic nitrogens is 1. The van der Waals surface area contributed by atoms with Gasteiger partial charge >= 0.3 is 0 Å². The highest BCUT2D eigenvalue weighted by Gasteiger charge is 2.35. The van der Waals surface area contributed by atoms with Crippen molar-refractivity contribution in [2.45, 2.75) is 45.3 Å². The van der Waals surface area contributed by atoms with Crippen LogP contribution >= 0.6 is 0 Å². The summed E-state index contributed by atoms with van der Waals surface area (Å²) < 4.78 is 5.53. The molecular weight excluding hydrogens is 388 g/mol. The van der Waals surface area contributed by atoms with E-state index in [2.05, 4.69) is 15.6 Å². The van der Waals surface area contributed by atoms with Crippen molar-refractivity contribution in [3.8, 4) is 0 Å². The van der Waals surface area contributed by atoms with Gasteiger partial charge in [-0.05, 0) is 52.4 Å². The van der Waals surface area contributed by atoms with E-state index in [0.717, 1.165) is 32.0 Å². The number of nitrogens with zero attached hydrogens (tertiary/aromatic N) is 2. The maximum absolute atomic E-state index is 12.5. The maximum Gasteiger partial charge on any atom is 0.300 e. The van der Waals surface area contributed by atoms with Crippen molar-refractivity contribution >= 4 is 17.8 Å². The largest absolute Gasteiger partial charge is 0.481 e. The molecular formula is C21H34N4O5. The predicted molar refractivity (Wildman–Crippen MR) is 113 cm³/mol. The van der Waals surface area contributed by atoms with Crippen LogP contribution in [0.2, 0.25) is 0 Å². The second kappa shape index (κ2) is 12.9. The summed E-state index contributed by atoms with van der Waals surface area (Å²) in [5, 5.41) is 13.4. The highest BCUT2D eigenvalue weighted by Crippen LogP contribution is 2.27. The minimum absolute atomic E-state index is 0.0503. The third-order valence-electron chi connectivity index (χ3n) is 4.76. The second-order valence-corrected chi connectivity index (χ2v) is 7.64. The molecule has 168 valence electrons. The molecule has 30 heavy (non-hydrogen) atoms. The summed E-state index contributed by atoms with van der Waals surface area (Å²) in [7, 11) is 5.59. The number of carbonyl (C=O) groups excluding carboxylic acids is 2. The van der Waals surface area contributed by atoms with Gasteiger partial charge in [0.1, 0.15) is 5.69 Å². The van der Waals surface area contributed by atoms with Crippen LogP contribution in [0.3, 0.4) is 0 Å².